The van der Waals surface area contributed by atoms with E-state index in [2.05, 4.69) is 16.7 Å². The molecule has 3 rings (SSSR count). The van der Waals surface area contributed by atoms with Crippen molar-refractivity contribution in [2.24, 2.45) is 0 Å². The molecule has 0 unspecified atom stereocenters. The van der Waals surface area contributed by atoms with E-state index in [9.17, 15) is 4.79 Å². The number of aromatic nitrogens is 1. The Labute approximate surface area is 139 Å². The summed E-state index contributed by atoms with van der Waals surface area (Å²) in [6, 6.07) is 3.59. The van der Waals surface area contributed by atoms with Crippen LogP contribution in [-0.2, 0) is 4.74 Å². The molecule has 1 aromatic carbocycles. The second-order valence-corrected chi connectivity index (χ2v) is 7.62. The van der Waals surface area contributed by atoms with Gasteiger partial charge in [0, 0.05) is 21.4 Å². The molecular weight excluding hydrogens is 318 g/mol. The van der Waals surface area contributed by atoms with Crippen molar-refractivity contribution in [2.45, 2.75) is 30.9 Å². The van der Waals surface area contributed by atoms with Gasteiger partial charge in [-0.15, -0.1) is 6.58 Å². The highest BCUT2D eigenvalue weighted by molar-refractivity contribution is 7.99. The Morgan fingerprint density at radius 1 is 1.55 bits per heavy atom. The predicted molar refractivity (Wildman–Crippen MR) is 92.8 cm³/mol. The summed E-state index contributed by atoms with van der Waals surface area (Å²) in [5.41, 5.74) is 2.54. The molecule has 0 bridgehead atoms. The van der Waals surface area contributed by atoms with Gasteiger partial charge in [-0.3, -0.25) is 3.97 Å². The Morgan fingerprint density at radius 3 is 2.86 bits per heavy atom. The number of halogens is 1. The van der Waals surface area contributed by atoms with E-state index in [1.54, 1.807) is 18.0 Å². The number of hydrogen-bond acceptors (Lipinski definition) is 3. The Morgan fingerprint density at radius 2 is 2.27 bits per heavy atom. The Hall–Kier alpha value is -1.39. The molecule has 0 atom stereocenters. The maximum atomic E-state index is 12.0. The van der Waals surface area contributed by atoms with Gasteiger partial charge in [0.05, 0.1) is 18.2 Å². The van der Waals surface area contributed by atoms with Gasteiger partial charge in [0.1, 0.15) is 0 Å². The van der Waals surface area contributed by atoms with Gasteiger partial charge in [-0.25, -0.2) is 4.79 Å². The molecule has 22 heavy (non-hydrogen) atoms. The number of esters is 1. The third-order valence-corrected chi connectivity index (χ3v) is 5.73. The molecule has 2 aromatic rings. The maximum absolute atomic E-state index is 12.0. The number of allylic oxidation sites excluding steroid dienone is 1. The predicted octanol–water partition coefficient (Wildman–Crippen LogP) is 4.99. The SMILES string of the molecule is C=CCC1(Sn2cc(C)c3c(C(=O)OC)cc(Cl)cc32)CC1. The van der Waals surface area contributed by atoms with Crippen LogP contribution in [0, 0.1) is 6.92 Å². The van der Waals surface area contributed by atoms with Crippen LogP contribution in [0.5, 0.6) is 0 Å². The average molecular weight is 336 g/mol. The summed E-state index contributed by atoms with van der Waals surface area (Å²) in [4.78, 5) is 12.0. The maximum Gasteiger partial charge on any atom is 0.338 e. The monoisotopic (exact) mass is 335 g/mol. The van der Waals surface area contributed by atoms with Gasteiger partial charge in [-0.05, 0) is 55.8 Å². The van der Waals surface area contributed by atoms with Crippen LogP contribution < -0.4 is 0 Å². The molecule has 1 heterocycles. The van der Waals surface area contributed by atoms with Gasteiger partial charge < -0.3 is 4.74 Å². The van der Waals surface area contributed by atoms with Crippen molar-refractivity contribution in [1.82, 2.24) is 3.97 Å². The second kappa shape index (κ2) is 5.67. The summed E-state index contributed by atoms with van der Waals surface area (Å²) >= 11 is 8.01. The van der Waals surface area contributed by atoms with Crippen molar-refractivity contribution < 1.29 is 9.53 Å². The summed E-state index contributed by atoms with van der Waals surface area (Å²) in [5.74, 6) is -0.356. The highest BCUT2D eigenvalue weighted by Gasteiger charge is 2.43. The van der Waals surface area contributed by atoms with E-state index >= 15 is 0 Å². The third-order valence-electron chi connectivity index (χ3n) is 4.05. The fourth-order valence-electron chi connectivity index (χ4n) is 2.78. The van der Waals surface area contributed by atoms with Crippen molar-refractivity contribution in [2.75, 3.05) is 7.11 Å². The minimum absolute atomic E-state index is 0.244. The Balaban J connectivity index is 2.11. The number of benzene rings is 1. The van der Waals surface area contributed by atoms with Crippen LogP contribution in [0.3, 0.4) is 0 Å². The van der Waals surface area contributed by atoms with Crippen LogP contribution in [0.25, 0.3) is 10.9 Å². The van der Waals surface area contributed by atoms with Gasteiger partial charge in [-0.2, -0.15) is 0 Å². The van der Waals surface area contributed by atoms with Crippen LogP contribution in [0.2, 0.25) is 5.02 Å². The smallest absolute Gasteiger partial charge is 0.338 e. The molecule has 3 nitrogen and oxygen atoms in total. The molecular formula is C17H18ClNO2S. The Kier molecular flexibility index (Phi) is 4.00. The van der Waals surface area contributed by atoms with E-state index in [1.807, 2.05) is 19.1 Å². The van der Waals surface area contributed by atoms with Gasteiger partial charge in [0.2, 0.25) is 0 Å². The number of ether oxygens (including phenoxy) is 1. The molecule has 0 aliphatic heterocycles. The molecule has 0 N–H and O–H groups in total. The quantitative estimate of drug-likeness (QED) is 0.569. The number of fused-ring (bicyclic) bond motifs is 1. The van der Waals surface area contributed by atoms with E-state index in [-0.39, 0.29) is 10.7 Å². The zero-order valence-corrected chi connectivity index (χ0v) is 14.3. The number of aryl methyl sites for hydroxylation is 1. The van der Waals surface area contributed by atoms with Crippen molar-refractivity contribution in [3.8, 4) is 0 Å². The first kappa shape index (κ1) is 15.5. The molecule has 1 aliphatic carbocycles. The molecule has 1 aromatic heterocycles. The van der Waals surface area contributed by atoms with Crippen molar-refractivity contribution in [1.29, 1.82) is 0 Å². The molecule has 0 saturated heterocycles. The minimum Gasteiger partial charge on any atom is -0.465 e. The Bertz CT molecular complexity index is 762. The summed E-state index contributed by atoms with van der Waals surface area (Å²) in [5, 5.41) is 1.46. The highest BCUT2D eigenvalue weighted by Crippen LogP contribution is 2.53. The molecule has 1 aliphatic rings. The van der Waals surface area contributed by atoms with Gasteiger partial charge in [0.25, 0.3) is 0 Å². The van der Waals surface area contributed by atoms with Gasteiger partial charge in [0.15, 0.2) is 0 Å². The van der Waals surface area contributed by atoms with Crippen LogP contribution in [0.15, 0.2) is 31.0 Å². The van der Waals surface area contributed by atoms with Gasteiger partial charge >= 0.3 is 5.97 Å². The third kappa shape index (κ3) is 2.66. The van der Waals surface area contributed by atoms with E-state index < -0.39 is 0 Å². The fourth-order valence-corrected chi connectivity index (χ4v) is 4.34. The van der Waals surface area contributed by atoms with Crippen LogP contribution in [0.1, 0.15) is 35.2 Å². The topological polar surface area (TPSA) is 31.2 Å². The first-order chi connectivity index (χ1) is 10.5. The lowest BCUT2D eigenvalue weighted by atomic mass is 10.1. The largest absolute Gasteiger partial charge is 0.465 e. The number of hydrogen-bond donors (Lipinski definition) is 0. The molecule has 5 heteroatoms. The van der Waals surface area contributed by atoms with Crippen molar-refractivity contribution in [3.63, 3.8) is 0 Å². The van der Waals surface area contributed by atoms with E-state index in [0.29, 0.717) is 10.6 Å². The summed E-state index contributed by atoms with van der Waals surface area (Å²) in [7, 11) is 1.39. The van der Waals surface area contributed by atoms with Crippen LogP contribution in [-0.4, -0.2) is 21.8 Å². The summed E-state index contributed by atoms with van der Waals surface area (Å²) < 4.78 is 7.27. The van der Waals surface area contributed by atoms with Crippen LogP contribution in [0.4, 0.5) is 0 Å². The first-order valence-electron chi connectivity index (χ1n) is 7.19. The van der Waals surface area contributed by atoms with Crippen molar-refractivity contribution in [3.05, 3.63) is 47.1 Å². The number of carbonyl (C=O) groups is 1. The lowest BCUT2D eigenvalue weighted by Gasteiger charge is -2.14. The zero-order valence-electron chi connectivity index (χ0n) is 12.7. The average Bonchev–Trinajstić information content (AvgIpc) is 3.17. The first-order valence-corrected chi connectivity index (χ1v) is 8.35. The fraction of sp³-hybridized carbons (Fsp3) is 0.353. The lowest BCUT2D eigenvalue weighted by molar-refractivity contribution is 0.0603. The zero-order chi connectivity index (χ0) is 15.9. The highest BCUT2D eigenvalue weighted by atomic mass is 35.5. The van der Waals surface area contributed by atoms with E-state index in [0.717, 1.165) is 22.9 Å². The molecule has 1 saturated carbocycles. The van der Waals surface area contributed by atoms with Crippen LogP contribution >= 0.6 is 23.5 Å². The molecule has 0 radical (unpaired) electrons. The lowest BCUT2D eigenvalue weighted by Crippen LogP contribution is -2.05. The number of carbonyl (C=O) groups excluding carboxylic acids is 1. The molecule has 0 amide bonds. The number of nitrogens with zero attached hydrogens (tertiary/aromatic N) is 1. The molecule has 0 spiro atoms. The van der Waals surface area contributed by atoms with Gasteiger partial charge in [-0.1, -0.05) is 17.7 Å². The summed E-state index contributed by atoms with van der Waals surface area (Å²) in [6.07, 6.45) is 7.41. The second-order valence-electron chi connectivity index (χ2n) is 5.74. The van der Waals surface area contributed by atoms with E-state index in [1.165, 1.54) is 20.0 Å². The number of methoxy groups -OCH3 is 1. The molecule has 1 fully saturated rings. The van der Waals surface area contributed by atoms with Crippen molar-refractivity contribution >= 4 is 40.4 Å². The molecule has 116 valence electrons. The minimum atomic E-state index is -0.356. The normalized spacial score (nSPS) is 15.8. The van der Waals surface area contributed by atoms with E-state index in [4.69, 9.17) is 16.3 Å². The summed E-state index contributed by atoms with van der Waals surface area (Å²) in [6.45, 7) is 5.86. The standard InChI is InChI=1S/C17H18ClNO2S/c1-4-5-17(6-7-17)22-19-10-11(2)15-13(16(20)21-3)8-12(18)9-14(15)19/h4,8-10H,1,5-7H2,2-3H3. The number of rotatable bonds is 5.